The van der Waals surface area contributed by atoms with E-state index in [9.17, 15) is 13.2 Å². The minimum atomic E-state index is -3.23. The smallest absolute Gasteiger partial charge is 0.180 e. The van der Waals surface area contributed by atoms with Crippen LogP contribution in [0.5, 0.6) is 0 Å². The summed E-state index contributed by atoms with van der Waals surface area (Å²) in [5.74, 6) is -0.0976. The molecule has 0 N–H and O–H groups in total. The van der Waals surface area contributed by atoms with E-state index in [0.29, 0.717) is 18.4 Å². The monoisotopic (exact) mass is 252 g/mol. The van der Waals surface area contributed by atoms with Crippen LogP contribution in [0.1, 0.15) is 35.2 Å². The summed E-state index contributed by atoms with van der Waals surface area (Å²) in [7, 11) is -3.23. The molecule has 1 aromatic carbocycles. The molecule has 0 saturated carbocycles. The molecule has 1 aliphatic rings. The molecular weight excluding hydrogens is 236 g/mol. The third-order valence-corrected chi connectivity index (χ3v) is 5.38. The van der Waals surface area contributed by atoms with E-state index >= 15 is 0 Å². The van der Waals surface area contributed by atoms with Gasteiger partial charge in [-0.3, -0.25) is 4.79 Å². The summed E-state index contributed by atoms with van der Waals surface area (Å²) >= 11 is 0. The van der Waals surface area contributed by atoms with Gasteiger partial charge in [-0.05, 0) is 19.8 Å². The molecule has 1 unspecified atom stereocenters. The number of rotatable bonds is 2. The highest BCUT2D eigenvalue weighted by Gasteiger charge is 2.35. The molecule has 0 bridgehead atoms. The third-order valence-electron chi connectivity index (χ3n) is 3.21. The summed E-state index contributed by atoms with van der Waals surface area (Å²) in [5, 5.41) is -0.820. The molecule has 17 heavy (non-hydrogen) atoms. The molecule has 0 aromatic heterocycles. The molecule has 0 aliphatic carbocycles. The van der Waals surface area contributed by atoms with Crippen LogP contribution in [0.25, 0.3) is 0 Å². The van der Waals surface area contributed by atoms with Gasteiger partial charge in [0.05, 0.1) is 5.75 Å². The molecule has 1 aromatic rings. The lowest BCUT2D eigenvalue weighted by Crippen LogP contribution is -2.35. The fourth-order valence-corrected chi connectivity index (χ4v) is 4.03. The topological polar surface area (TPSA) is 51.2 Å². The number of hydrogen-bond donors (Lipinski definition) is 0. The van der Waals surface area contributed by atoms with Crippen LogP contribution in [0.15, 0.2) is 24.3 Å². The predicted octanol–water partition coefficient (Wildman–Crippen LogP) is 2.15. The zero-order valence-corrected chi connectivity index (χ0v) is 10.7. The summed E-state index contributed by atoms with van der Waals surface area (Å²) in [6.45, 7) is 1.94. The maximum absolute atomic E-state index is 12.1. The van der Waals surface area contributed by atoms with Gasteiger partial charge in [0.2, 0.25) is 0 Å². The van der Waals surface area contributed by atoms with Gasteiger partial charge in [0.25, 0.3) is 0 Å². The van der Waals surface area contributed by atoms with Gasteiger partial charge >= 0.3 is 0 Å². The van der Waals surface area contributed by atoms with Crippen LogP contribution in [0.3, 0.4) is 0 Å². The van der Waals surface area contributed by atoms with Crippen molar-refractivity contribution in [1.82, 2.24) is 0 Å². The first kappa shape index (κ1) is 12.3. The Hall–Kier alpha value is -1.16. The zero-order chi connectivity index (χ0) is 12.5. The minimum Gasteiger partial charge on any atom is -0.293 e. The van der Waals surface area contributed by atoms with Crippen molar-refractivity contribution in [3.05, 3.63) is 35.4 Å². The lowest BCUT2D eigenvalue weighted by Gasteiger charge is -2.21. The number of carbonyl (C=O) groups is 1. The number of hydrogen-bond acceptors (Lipinski definition) is 3. The van der Waals surface area contributed by atoms with Crippen LogP contribution >= 0.6 is 0 Å². The predicted molar refractivity (Wildman–Crippen MR) is 66.9 cm³/mol. The summed E-state index contributed by atoms with van der Waals surface area (Å²) in [5.41, 5.74) is 1.57. The van der Waals surface area contributed by atoms with Gasteiger partial charge in [0.15, 0.2) is 15.6 Å². The van der Waals surface area contributed by atoms with Crippen molar-refractivity contribution in [2.45, 2.75) is 31.4 Å². The van der Waals surface area contributed by atoms with Gasteiger partial charge in [-0.15, -0.1) is 0 Å². The zero-order valence-electron chi connectivity index (χ0n) is 9.85. The SMILES string of the molecule is Cc1ccc(C(=O)C2CCCCS2(=O)=O)cc1. The van der Waals surface area contributed by atoms with Gasteiger partial charge in [-0.2, -0.15) is 0 Å². The van der Waals surface area contributed by atoms with E-state index in [2.05, 4.69) is 0 Å². The fraction of sp³-hybridized carbons (Fsp3) is 0.462. The van der Waals surface area contributed by atoms with Crippen molar-refractivity contribution in [1.29, 1.82) is 0 Å². The first-order chi connectivity index (χ1) is 8.00. The van der Waals surface area contributed by atoms with E-state index in [-0.39, 0.29) is 11.5 Å². The van der Waals surface area contributed by atoms with Crippen molar-refractivity contribution < 1.29 is 13.2 Å². The van der Waals surface area contributed by atoms with Crippen molar-refractivity contribution in [3.8, 4) is 0 Å². The Kier molecular flexibility index (Phi) is 3.33. The van der Waals surface area contributed by atoms with Gasteiger partial charge < -0.3 is 0 Å². The Labute approximate surface area is 102 Å². The second-order valence-electron chi connectivity index (χ2n) is 4.58. The Morgan fingerprint density at radius 2 is 1.82 bits per heavy atom. The Morgan fingerprint density at radius 1 is 1.18 bits per heavy atom. The maximum Gasteiger partial charge on any atom is 0.180 e. The second-order valence-corrected chi connectivity index (χ2v) is 6.88. The molecule has 0 spiro atoms. The fourth-order valence-electron chi connectivity index (χ4n) is 2.15. The molecule has 0 amide bonds. The summed E-state index contributed by atoms with van der Waals surface area (Å²) in [4.78, 5) is 12.1. The lowest BCUT2D eigenvalue weighted by atomic mass is 10.0. The summed E-state index contributed by atoms with van der Waals surface area (Å²) in [6, 6.07) is 7.09. The van der Waals surface area contributed by atoms with Gasteiger partial charge in [-0.1, -0.05) is 36.2 Å². The molecular formula is C13H16O3S. The Balaban J connectivity index is 2.28. The number of benzene rings is 1. The molecule has 1 heterocycles. The quantitative estimate of drug-likeness (QED) is 0.758. The molecule has 1 aliphatic heterocycles. The van der Waals surface area contributed by atoms with Crippen molar-refractivity contribution in [2.24, 2.45) is 0 Å². The summed E-state index contributed by atoms with van der Waals surface area (Å²) in [6.07, 6.45) is 1.97. The first-order valence-electron chi connectivity index (χ1n) is 5.83. The third kappa shape index (κ3) is 2.57. The molecule has 2 rings (SSSR count). The molecule has 92 valence electrons. The van der Waals surface area contributed by atoms with Crippen LogP contribution in [-0.2, 0) is 9.84 Å². The maximum atomic E-state index is 12.1. The van der Waals surface area contributed by atoms with Crippen LogP contribution in [-0.4, -0.2) is 25.2 Å². The Bertz CT molecular complexity index is 514. The first-order valence-corrected chi connectivity index (χ1v) is 7.55. The highest BCUT2D eigenvalue weighted by molar-refractivity contribution is 7.92. The largest absolute Gasteiger partial charge is 0.293 e. The minimum absolute atomic E-state index is 0.148. The molecule has 1 fully saturated rings. The van der Waals surface area contributed by atoms with Crippen LogP contribution < -0.4 is 0 Å². The second kappa shape index (κ2) is 4.61. The number of carbonyl (C=O) groups excluding carboxylic acids is 1. The Morgan fingerprint density at radius 3 is 2.41 bits per heavy atom. The van der Waals surface area contributed by atoms with Crippen molar-refractivity contribution in [3.63, 3.8) is 0 Å². The van der Waals surface area contributed by atoms with Crippen molar-refractivity contribution in [2.75, 3.05) is 5.75 Å². The average Bonchev–Trinajstić information content (AvgIpc) is 2.28. The van der Waals surface area contributed by atoms with E-state index in [1.54, 1.807) is 12.1 Å². The number of sulfone groups is 1. The molecule has 3 nitrogen and oxygen atoms in total. The molecule has 1 atom stereocenters. The van der Waals surface area contributed by atoms with E-state index < -0.39 is 15.1 Å². The van der Waals surface area contributed by atoms with Crippen LogP contribution in [0, 0.1) is 6.92 Å². The van der Waals surface area contributed by atoms with Gasteiger partial charge in [-0.25, -0.2) is 8.42 Å². The van der Waals surface area contributed by atoms with Crippen LogP contribution in [0.4, 0.5) is 0 Å². The van der Waals surface area contributed by atoms with E-state index in [1.165, 1.54) is 0 Å². The van der Waals surface area contributed by atoms with E-state index in [4.69, 9.17) is 0 Å². The van der Waals surface area contributed by atoms with Crippen molar-refractivity contribution >= 4 is 15.6 Å². The number of Topliss-reactive ketones (excluding diaryl/α,β-unsaturated/α-hetero) is 1. The van der Waals surface area contributed by atoms with Crippen LogP contribution in [0.2, 0.25) is 0 Å². The average molecular weight is 252 g/mol. The highest BCUT2D eigenvalue weighted by Crippen LogP contribution is 2.23. The molecule has 1 saturated heterocycles. The summed E-state index contributed by atoms with van der Waals surface area (Å²) < 4.78 is 23.7. The lowest BCUT2D eigenvalue weighted by molar-refractivity contribution is 0.0981. The number of ketones is 1. The van der Waals surface area contributed by atoms with E-state index in [1.807, 2.05) is 19.1 Å². The van der Waals surface area contributed by atoms with Gasteiger partial charge in [0.1, 0.15) is 5.25 Å². The normalized spacial score (nSPS) is 23.2. The van der Waals surface area contributed by atoms with E-state index in [0.717, 1.165) is 12.0 Å². The number of aryl methyl sites for hydroxylation is 1. The molecule has 0 radical (unpaired) electrons. The highest BCUT2D eigenvalue weighted by atomic mass is 32.2. The molecule has 4 heteroatoms. The standard InChI is InChI=1S/C13H16O3S/c1-10-5-7-11(8-6-10)13(14)12-4-2-3-9-17(12,15)16/h5-8,12H,2-4,9H2,1H3. The van der Waals surface area contributed by atoms with Gasteiger partial charge in [0, 0.05) is 5.56 Å².